The fraction of sp³-hybridized carbons (Fsp3) is 0.750. The molecule has 1 saturated heterocycles. The summed E-state index contributed by atoms with van der Waals surface area (Å²) in [5.74, 6) is 0.324. The van der Waals surface area contributed by atoms with Crippen molar-refractivity contribution in [1.29, 1.82) is 0 Å². The molecule has 9 heteroatoms. The number of hydrogen-bond donors (Lipinski definition) is 3. The maximum absolute atomic E-state index is 13.8. The zero-order valence-electron chi connectivity index (χ0n) is 27.5. The SMILES string of the molecule is C/C=C1\C(O)CCC23CC24CCC2(C)[C@H]5CCC(CN([C@@H](C)C(N)=O)S(=O)(=O)c6ccc(C)cc6)OC5[C@H](O)[C@@]2(C)C4CC[C@@H]13. The number of nitrogens with two attached hydrogens (primary N) is 1. The summed E-state index contributed by atoms with van der Waals surface area (Å²) in [6.45, 7) is 10.2. The van der Waals surface area contributed by atoms with Gasteiger partial charge < -0.3 is 20.7 Å². The van der Waals surface area contributed by atoms with Gasteiger partial charge in [-0.15, -0.1) is 0 Å². The molecule has 2 spiro atoms. The maximum Gasteiger partial charge on any atom is 0.243 e. The van der Waals surface area contributed by atoms with Crippen LogP contribution < -0.4 is 5.73 Å². The van der Waals surface area contributed by atoms with Gasteiger partial charge in [-0.1, -0.05) is 37.6 Å². The van der Waals surface area contributed by atoms with E-state index in [1.807, 2.05) is 6.92 Å². The van der Waals surface area contributed by atoms with Crippen LogP contribution in [0.5, 0.6) is 0 Å². The number of hydrogen-bond acceptors (Lipinski definition) is 6. The van der Waals surface area contributed by atoms with E-state index in [1.54, 1.807) is 24.3 Å². The molecule has 0 radical (unpaired) electrons. The van der Waals surface area contributed by atoms with Gasteiger partial charge in [0.15, 0.2) is 0 Å². The third-order valence-corrected chi connectivity index (χ3v) is 16.7. The monoisotopic (exact) mass is 640 g/mol. The zero-order valence-corrected chi connectivity index (χ0v) is 28.4. The number of aliphatic hydroxyl groups is 2. The summed E-state index contributed by atoms with van der Waals surface area (Å²) < 4.78 is 35.6. The van der Waals surface area contributed by atoms with Gasteiger partial charge in [0.2, 0.25) is 15.9 Å². The molecule has 45 heavy (non-hydrogen) atoms. The molecular formula is C36H52N2O6S. The van der Waals surface area contributed by atoms with Crippen LogP contribution in [0, 0.1) is 46.3 Å². The van der Waals surface area contributed by atoms with Crippen molar-refractivity contribution in [2.45, 2.75) is 128 Å². The summed E-state index contributed by atoms with van der Waals surface area (Å²) in [7, 11) is -4.02. The normalized spacial score (nSPS) is 46.8. The minimum Gasteiger partial charge on any atom is -0.390 e. The van der Waals surface area contributed by atoms with Crippen molar-refractivity contribution in [1.82, 2.24) is 4.31 Å². The molecule has 1 aliphatic heterocycles. The number of benzene rings is 1. The number of allylic oxidation sites excluding steroid dienone is 1. The second kappa shape index (κ2) is 10.4. The Balaban J connectivity index is 1.16. The number of primary amides is 1. The number of aryl methyl sites for hydroxylation is 1. The summed E-state index contributed by atoms with van der Waals surface area (Å²) >= 11 is 0. The number of rotatable bonds is 6. The van der Waals surface area contributed by atoms with E-state index in [4.69, 9.17) is 10.5 Å². The first-order valence-electron chi connectivity index (χ1n) is 17.2. The van der Waals surface area contributed by atoms with Crippen molar-refractivity contribution in [2.75, 3.05) is 6.54 Å². The Morgan fingerprint density at radius 3 is 2.44 bits per heavy atom. The highest BCUT2D eigenvalue weighted by molar-refractivity contribution is 7.89. The average Bonchev–Trinajstić information content (AvgIpc) is 3.65. The van der Waals surface area contributed by atoms with Crippen LogP contribution in [0.25, 0.3) is 0 Å². The first-order valence-corrected chi connectivity index (χ1v) is 18.7. The lowest BCUT2D eigenvalue weighted by Crippen LogP contribution is -2.57. The van der Waals surface area contributed by atoms with E-state index in [9.17, 15) is 23.4 Å². The molecule has 1 aromatic rings. The summed E-state index contributed by atoms with van der Waals surface area (Å²) in [4.78, 5) is 12.5. The van der Waals surface area contributed by atoms with Crippen molar-refractivity contribution in [3.05, 3.63) is 41.5 Å². The number of aliphatic hydroxyl groups excluding tert-OH is 2. The number of fused-ring (bicyclic) bond motifs is 4. The largest absolute Gasteiger partial charge is 0.390 e. The molecule has 0 aromatic heterocycles. The van der Waals surface area contributed by atoms with Crippen molar-refractivity contribution in [3.8, 4) is 0 Å². The van der Waals surface area contributed by atoms with Gasteiger partial charge in [-0.25, -0.2) is 8.42 Å². The summed E-state index contributed by atoms with van der Waals surface area (Å²) in [5, 5.41) is 23.2. The number of amides is 1. The van der Waals surface area contributed by atoms with Crippen LogP contribution in [-0.2, 0) is 19.6 Å². The molecule has 4 N–H and O–H groups in total. The molecule has 1 amide bonds. The van der Waals surface area contributed by atoms with Crippen LogP contribution in [0.4, 0.5) is 0 Å². The Hall–Kier alpha value is -1.78. The topological polar surface area (TPSA) is 130 Å². The van der Waals surface area contributed by atoms with E-state index in [0.29, 0.717) is 18.3 Å². The lowest BCUT2D eigenvalue weighted by atomic mass is 9.43. The molecule has 7 rings (SSSR count). The molecule has 7 unspecified atom stereocenters. The van der Waals surface area contributed by atoms with Crippen molar-refractivity contribution < 1.29 is 28.2 Å². The Labute approximate surface area is 268 Å². The number of nitrogens with zero attached hydrogens (tertiary/aromatic N) is 1. The second-order valence-electron chi connectivity index (χ2n) is 16.0. The van der Waals surface area contributed by atoms with Crippen LogP contribution in [0.1, 0.15) is 91.0 Å². The molecule has 12 atom stereocenters. The molecule has 5 aliphatic carbocycles. The number of carbonyl (C=O) groups is 1. The molecule has 1 aromatic carbocycles. The smallest absolute Gasteiger partial charge is 0.243 e. The van der Waals surface area contributed by atoms with Gasteiger partial charge in [-0.05, 0) is 130 Å². The predicted molar refractivity (Wildman–Crippen MR) is 171 cm³/mol. The highest BCUT2D eigenvalue weighted by atomic mass is 32.2. The van der Waals surface area contributed by atoms with Gasteiger partial charge in [-0.2, -0.15) is 4.31 Å². The van der Waals surface area contributed by atoms with Crippen LogP contribution in [0.3, 0.4) is 0 Å². The molecule has 248 valence electrons. The van der Waals surface area contributed by atoms with E-state index in [1.165, 1.54) is 29.6 Å². The third-order valence-electron chi connectivity index (χ3n) is 14.7. The summed E-state index contributed by atoms with van der Waals surface area (Å²) in [6, 6.07) is 5.59. The van der Waals surface area contributed by atoms with Crippen molar-refractivity contribution in [2.24, 2.45) is 45.1 Å². The Morgan fingerprint density at radius 1 is 1.07 bits per heavy atom. The van der Waals surface area contributed by atoms with Crippen LogP contribution in [0.2, 0.25) is 0 Å². The molecule has 5 saturated carbocycles. The molecular weight excluding hydrogens is 588 g/mol. The summed E-state index contributed by atoms with van der Waals surface area (Å²) in [5.41, 5.74) is 7.92. The number of carbonyl (C=O) groups excluding carboxylic acids is 1. The van der Waals surface area contributed by atoms with Crippen LogP contribution >= 0.6 is 0 Å². The lowest BCUT2D eigenvalue weighted by Gasteiger charge is -2.61. The minimum atomic E-state index is -4.02. The van der Waals surface area contributed by atoms with Crippen LogP contribution in [0.15, 0.2) is 40.8 Å². The van der Waals surface area contributed by atoms with E-state index < -0.39 is 34.2 Å². The zero-order chi connectivity index (χ0) is 32.3. The number of sulfonamides is 1. The van der Waals surface area contributed by atoms with Crippen molar-refractivity contribution in [3.63, 3.8) is 0 Å². The first kappa shape index (κ1) is 31.8. The standard InChI is InChI=1S/C36H52N2O6S/c1-6-25-26-13-14-29-34(5)31(40)30-27(33(34,4)17-18-36(29)20-35(26,36)16-15-28(25)39)12-9-23(44-30)19-38(22(3)32(37)41)45(42,43)24-10-7-21(2)8-11-24/h6-8,10-11,22-23,26-31,39-40H,9,12-20H2,1-5H3,(H2,37,41)/b25-6-/t22-,23?,26-,27-,28?,29?,30?,31-,33?,34+,35?,36?/m0/s1. The second-order valence-corrected chi connectivity index (χ2v) is 17.9. The fourth-order valence-corrected chi connectivity index (χ4v) is 13.8. The molecule has 0 bridgehead atoms. The quantitative estimate of drug-likeness (QED) is 0.387. The minimum absolute atomic E-state index is 0.0102. The van der Waals surface area contributed by atoms with E-state index in [0.717, 1.165) is 44.1 Å². The van der Waals surface area contributed by atoms with Gasteiger partial charge >= 0.3 is 0 Å². The first-order chi connectivity index (χ1) is 21.2. The van der Waals surface area contributed by atoms with Gasteiger partial charge in [0.25, 0.3) is 0 Å². The lowest BCUT2D eigenvalue weighted by molar-refractivity contribution is -0.160. The van der Waals surface area contributed by atoms with E-state index in [-0.39, 0.29) is 51.2 Å². The molecule has 6 aliphatic rings. The predicted octanol–water partition coefficient (Wildman–Crippen LogP) is 4.71. The van der Waals surface area contributed by atoms with Crippen molar-refractivity contribution >= 4 is 15.9 Å². The highest BCUT2D eigenvalue weighted by Gasteiger charge is 2.83. The highest BCUT2D eigenvalue weighted by Crippen LogP contribution is 2.88. The van der Waals surface area contributed by atoms with E-state index >= 15 is 0 Å². The average molecular weight is 641 g/mol. The third kappa shape index (κ3) is 4.09. The Bertz CT molecular complexity index is 1510. The van der Waals surface area contributed by atoms with Gasteiger partial charge in [0.05, 0.1) is 29.3 Å². The Kier molecular flexibility index (Phi) is 7.32. The molecule has 6 fully saturated rings. The summed E-state index contributed by atoms with van der Waals surface area (Å²) in [6.07, 6.45) is 9.34. The maximum atomic E-state index is 13.8. The van der Waals surface area contributed by atoms with Gasteiger partial charge in [-0.3, -0.25) is 4.79 Å². The molecule has 8 nitrogen and oxygen atoms in total. The van der Waals surface area contributed by atoms with Crippen LogP contribution in [-0.4, -0.2) is 65.8 Å². The molecule has 1 heterocycles. The van der Waals surface area contributed by atoms with Gasteiger partial charge in [0, 0.05) is 12.0 Å². The van der Waals surface area contributed by atoms with Gasteiger partial charge in [0.1, 0.15) is 6.04 Å². The number of ether oxygens (including phenoxy) is 1. The fourth-order valence-electron chi connectivity index (χ4n) is 12.2. The van der Waals surface area contributed by atoms with E-state index in [2.05, 4.69) is 26.8 Å². The Morgan fingerprint density at radius 2 is 1.78 bits per heavy atom.